The number of carbonyl (C=O) groups excluding carboxylic acids is 3. The second-order valence-corrected chi connectivity index (χ2v) is 8.61. The predicted molar refractivity (Wildman–Crippen MR) is 103 cm³/mol. The van der Waals surface area contributed by atoms with Crippen molar-refractivity contribution in [2.24, 2.45) is 5.41 Å². The molecule has 3 amide bonds. The summed E-state index contributed by atoms with van der Waals surface area (Å²) in [5.74, 6) is -0.483. The summed E-state index contributed by atoms with van der Waals surface area (Å²) in [6.45, 7) is 6.17. The van der Waals surface area contributed by atoms with Gasteiger partial charge in [0.15, 0.2) is 0 Å². The van der Waals surface area contributed by atoms with Crippen LogP contribution in [0.25, 0.3) is 0 Å². The van der Waals surface area contributed by atoms with Crippen LogP contribution >= 0.6 is 0 Å². The Morgan fingerprint density at radius 1 is 1.15 bits per heavy atom. The maximum Gasteiger partial charge on any atom is 0.246 e. The second-order valence-electron chi connectivity index (χ2n) is 8.61. The van der Waals surface area contributed by atoms with Crippen LogP contribution in [0.2, 0.25) is 0 Å². The molecule has 0 unspecified atom stereocenters. The Kier molecular flexibility index (Phi) is 5.02. The van der Waals surface area contributed by atoms with Crippen molar-refractivity contribution in [1.82, 2.24) is 15.5 Å². The third-order valence-corrected chi connectivity index (χ3v) is 5.60. The average molecular weight is 371 g/mol. The molecular weight excluding hydrogens is 342 g/mol. The van der Waals surface area contributed by atoms with Crippen LogP contribution in [0.3, 0.4) is 0 Å². The summed E-state index contributed by atoms with van der Waals surface area (Å²) in [5, 5.41) is 5.69. The molecule has 1 heterocycles. The molecular formula is C21H29N3O3. The molecule has 2 aliphatic rings. The standard InChI is InChI=1S/C21H29N3O3/c1-20(2,3)19(27)24-12-8-11-16(24)17(25)23-21(18(26)22-4)13-15(21)14-9-6-5-7-10-14/h5-7,9-10,15-16H,8,11-13H2,1-4H3,(H,22,26)(H,23,25)/t15-,16+,21+/m1/s1. The van der Waals surface area contributed by atoms with Crippen molar-refractivity contribution in [3.8, 4) is 0 Å². The fraction of sp³-hybridized carbons (Fsp3) is 0.571. The molecule has 3 atom stereocenters. The van der Waals surface area contributed by atoms with Gasteiger partial charge in [-0.15, -0.1) is 0 Å². The molecule has 3 rings (SSSR count). The van der Waals surface area contributed by atoms with Gasteiger partial charge in [0.2, 0.25) is 17.7 Å². The van der Waals surface area contributed by atoms with Crippen LogP contribution in [0, 0.1) is 5.41 Å². The van der Waals surface area contributed by atoms with Crippen LogP contribution in [-0.4, -0.2) is 47.8 Å². The van der Waals surface area contributed by atoms with Crippen molar-refractivity contribution in [3.63, 3.8) is 0 Å². The summed E-state index contributed by atoms with van der Waals surface area (Å²) in [7, 11) is 1.58. The normalized spacial score (nSPS) is 27.2. The Balaban J connectivity index is 1.78. The van der Waals surface area contributed by atoms with E-state index in [1.807, 2.05) is 51.1 Å². The number of nitrogens with zero attached hydrogens (tertiary/aromatic N) is 1. The molecule has 1 aliphatic heterocycles. The minimum Gasteiger partial charge on any atom is -0.357 e. The van der Waals surface area contributed by atoms with Gasteiger partial charge in [0.05, 0.1) is 0 Å². The highest BCUT2D eigenvalue weighted by molar-refractivity contribution is 5.98. The van der Waals surface area contributed by atoms with Gasteiger partial charge >= 0.3 is 0 Å². The van der Waals surface area contributed by atoms with Crippen LogP contribution in [0.1, 0.15) is 51.5 Å². The van der Waals surface area contributed by atoms with E-state index >= 15 is 0 Å². The van der Waals surface area contributed by atoms with Gasteiger partial charge in [-0.1, -0.05) is 51.1 Å². The Morgan fingerprint density at radius 3 is 2.41 bits per heavy atom. The predicted octanol–water partition coefficient (Wildman–Crippen LogP) is 1.81. The van der Waals surface area contributed by atoms with Crippen molar-refractivity contribution in [3.05, 3.63) is 35.9 Å². The zero-order valence-electron chi connectivity index (χ0n) is 16.5. The third-order valence-electron chi connectivity index (χ3n) is 5.60. The first-order valence-corrected chi connectivity index (χ1v) is 9.61. The van der Waals surface area contributed by atoms with Crippen molar-refractivity contribution < 1.29 is 14.4 Å². The Labute approximate surface area is 160 Å². The molecule has 2 fully saturated rings. The zero-order valence-corrected chi connectivity index (χ0v) is 16.5. The maximum absolute atomic E-state index is 13.1. The van der Waals surface area contributed by atoms with Crippen molar-refractivity contribution >= 4 is 17.7 Å². The zero-order chi connectivity index (χ0) is 19.8. The topological polar surface area (TPSA) is 78.5 Å². The molecule has 27 heavy (non-hydrogen) atoms. The molecule has 1 aliphatic carbocycles. The molecule has 1 saturated carbocycles. The van der Waals surface area contributed by atoms with Gasteiger partial charge in [-0.05, 0) is 24.8 Å². The Morgan fingerprint density at radius 2 is 1.81 bits per heavy atom. The number of rotatable bonds is 4. The summed E-state index contributed by atoms with van der Waals surface area (Å²) in [4.78, 5) is 40.0. The van der Waals surface area contributed by atoms with Gasteiger partial charge in [0, 0.05) is 24.9 Å². The molecule has 0 spiro atoms. The van der Waals surface area contributed by atoms with Gasteiger partial charge in [-0.2, -0.15) is 0 Å². The van der Waals surface area contributed by atoms with E-state index < -0.39 is 17.0 Å². The average Bonchev–Trinajstić information content (AvgIpc) is 3.15. The quantitative estimate of drug-likeness (QED) is 0.847. The molecule has 1 aromatic rings. The first-order valence-electron chi connectivity index (χ1n) is 9.61. The van der Waals surface area contributed by atoms with Crippen LogP contribution in [0.4, 0.5) is 0 Å². The van der Waals surface area contributed by atoms with Crippen LogP contribution < -0.4 is 10.6 Å². The number of hydrogen-bond acceptors (Lipinski definition) is 3. The minimum absolute atomic E-state index is 0.0236. The lowest BCUT2D eigenvalue weighted by Gasteiger charge is -2.31. The van der Waals surface area contributed by atoms with Crippen LogP contribution in [-0.2, 0) is 14.4 Å². The van der Waals surface area contributed by atoms with E-state index in [0.29, 0.717) is 19.4 Å². The van der Waals surface area contributed by atoms with E-state index in [0.717, 1.165) is 12.0 Å². The monoisotopic (exact) mass is 371 g/mol. The molecule has 1 aromatic carbocycles. The highest BCUT2D eigenvalue weighted by atomic mass is 16.2. The molecule has 6 heteroatoms. The number of likely N-dealkylation sites (N-methyl/N-ethyl adjacent to an activating group) is 1. The highest BCUT2D eigenvalue weighted by Crippen LogP contribution is 2.51. The number of nitrogens with one attached hydrogen (secondary N) is 2. The molecule has 1 saturated heterocycles. The molecule has 0 radical (unpaired) electrons. The molecule has 2 N–H and O–H groups in total. The van der Waals surface area contributed by atoms with Crippen molar-refractivity contribution in [1.29, 1.82) is 0 Å². The van der Waals surface area contributed by atoms with Gasteiger partial charge in [0.1, 0.15) is 11.6 Å². The van der Waals surface area contributed by atoms with E-state index in [4.69, 9.17) is 0 Å². The third kappa shape index (κ3) is 3.57. The smallest absolute Gasteiger partial charge is 0.246 e. The fourth-order valence-electron chi connectivity index (χ4n) is 4.04. The van der Waals surface area contributed by atoms with Gasteiger partial charge in [-0.3, -0.25) is 14.4 Å². The van der Waals surface area contributed by atoms with Crippen molar-refractivity contribution in [2.75, 3.05) is 13.6 Å². The van der Waals surface area contributed by atoms with Crippen LogP contribution in [0.5, 0.6) is 0 Å². The lowest BCUT2D eigenvalue weighted by Crippen LogP contribution is -2.56. The van der Waals surface area contributed by atoms with E-state index in [-0.39, 0.29) is 23.6 Å². The first-order chi connectivity index (χ1) is 12.7. The molecule has 0 bridgehead atoms. The first kappa shape index (κ1) is 19.4. The number of amides is 3. The van der Waals surface area contributed by atoms with E-state index in [1.165, 1.54) is 0 Å². The maximum atomic E-state index is 13.1. The fourth-order valence-corrected chi connectivity index (χ4v) is 4.04. The summed E-state index contributed by atoms with van der Waals surface area (Å²) in [6, 6.07) is 9.25. The highest BCUT2D eigenvalue weighted by Gasteiger charge is 2.62. The van der Waals surface area contributed by atoms with Crippen molar-refractivity contribution in [2.45, 2.75) is 57.5 Å². The summed E-state index contributed by atoms with van der Waals surface area (Å²) in [5.41, 5.74) is -0.421. The van der Waals surface area contributed by atoms with E-state index in [9.17, 15) is 14.4 Å². The van der Waals surface area contributed by atoms with Crippen LogP contribution in [0.15, 0.2) is 30.3 Å². The number of likely N-dealkylation sites (tertiary alicyclic amines) is 1. The molecule has 6 nitrogen and oxygen atoms in total. The lowest BCUT2D eigenvalue weighted by atomic mass is 9.94. The number of hydrogen-bond donors (Lipinski definition) is 2. The second kappa shape index (κ2) is 6.98. The Bertz CT molecular complexity index is 741. The molecule has 146 valence electrons. The van der Waals surface area contributed by atoms with Gasteiger partial charge in [-0.25, -0.2) is 0 Å². The van der Waals surface area contributed by atoms with Gasteiger partial charge < -0.3 is 15.5 Å². The number of benzene rings is 1. The number of carbonyl (C=O) groups is 3. The lowest BCUT2D eigenvalue weighted by molar-refractivity contribution is -0.145. The summed E-state index contributed by atoms with van der Waals surface area (Å²) < 4.78 is 0. The SMILES string of the molecule is CNC(=O)[C@]1(NC(=O)[C@@H]2CCCN2C(=O)C(C)(C)C)C[C@@H]1c1ccccc1. The summed E-state index contributed by atoms with van der Waals surface area (Å²) >= 11 is 0. The minimum atomic E-state index is -0.924. The molecule has 0 aromatic heterocycles. The van der Waals surface area contributed by atoms with E-state index in [1.54, 1.807) is 11.9 Å². The van der Waals surface area contributed by atoms with E-state index in [2.05, 4.69) is 10.6 Å². The Hall–Kier alpha value is -2.37. The van der Waals surface area contributed by atoms with Gasteiger partial charge in [0.25, 0.3) is 0 Å². The largest absolute Gasteiger partial charge is 0.357 e. The summed E-state index contributed by atoms with van der Waals surface area (Å²) in [6.07, 6.45) is 2.00.